The van der Waals surface area contributed by atoms with E-state index < -0.39 is 0 Å². The molecule has 1 saturated heterocycles. The van der Waals surface area contributed by atoms with Gasteiger partial charge >= 0.3 is 0 Å². The zero-order valence-electron chi connectivity index (χ0n) is 21.8. The SMILES string of the molecule is Cc1c(-c2[nH]c3sc([C@@H]4CC5C6C4CN([C@@H](C)C(N)=O)C56)c(C)c3c2C(C)C)cn2ncnc2c1C. The summed E-state index contributed by atoms with van der Waals surface area (Å²) in [6.45, 7) is 14.2. The van der Waals surface area contributed by atoms with Gasteiger partial charge in [0.05, 0.1) is 11.7 Å². The summed E-state index contributed by atoms with van der Waals surface area (Å²) in [4.78, 5) is 25.4. The van der Waals surface area contributed by atoms with Crippen LogP contribution in [-0.4, -0.2) is 49.0 Å². The van der Waals surface area contributed by atoms with Crippen LogP contribution in [0.4, 0.5) is 0 Å². The van der Waals surface area contributed by atoms with Gasteiger partial charge in [0.1, 0.15) is 11.2 Å². The van der Waals surface area contributed by atoms with Gasteiger partial charge in [0.2, 0.25) is 5.91 Å². The number of nitrogens with zero attached hydrogens (tertiary/aromatic N) is 4. The molecular formula is C28H34N6OS. The van der Waals surface area contributed by atoms with Gasteiger partial charge in [0, 0.05) is 34.6 Å². The van der Waals surface area contributed by atoms with E-state index in [-0.39, 0.29) is 11.9 Å². The van der Waals surface area contributed by atoms with Gasteiger partial charge in [0.15, 0.2) is 5.65 Å². The van der Waals surface area contributed by atoms with Crippen molar-refractivity contribution in [3.05, 3.63) is 39.7 Å². The van der Waals surface area contributed by atoms with Crippen LogP contribution < -0.4 is 5.73 Å². The number of nitrogens with two attached hydrogens (primary N) is 1. The normalized spacial score (nSPS) is 28.0. The fraction of sp³-hybridized carbons (Fsp3) is 0.536. The van der Waals surface area contributed by atoms with Crippen molar-refractivity contribution in [2.24, 2.45) is 23.5 Å². The minimum Gasteiger partial charge on any atom is -0.368 e. The summed E-state index contributed by atoms with van der Waals surface area (Å²) in [5, 5.41) is 5.84. The number of hydrogen-bond donors (Lipinski definition) is 2. The number of likely N-dealkylation sites (tertiary alicyclic amines) is 1. The van der Waals surface area contributed by atoms with Crippen LogP contribution in [0.2, 0.25) is 0 Å². The molecule has 0 spiro atoms. The molecule has 36 heavy (non-hydrogen) atoms. The summed E-state index contributed by atoms with van der Waals surface area (Å²) in [6.07, 6.45) is 5.00. The van der Waals surface area contributed by atoms with E-state index in [0.717, 1.165) is 24.0 Å². The highest BCUT2D eigenvalue weighted by molar-refractivity contribution is 7.19. The molecule has 8 heteroatoms. The van der Waals surface area contributed by atoms with Crippen molar-refractivity contribution in [2.75, 3.05) is 6.54 Å². The lowest BCUT2D eigenvalue weighted by Crippen LogP contribution is -2.43. The second kappa shape index (κ2) is 7.42. The molecule has 188 valence electrons. The van der Waals surface area contributed by atoms with Crippen LogP contribution in [-0.2, 0) is 4.79 Å². The number of pyridine rings is 1. The first-order chi connectivity index (χ1) is 17.2. The first kappa shape index (κ1) is 22.5. The Bertz CT molecular complexity index is 1560. The predicted molar refractivity (Wildman–Crippen MR) is 143 cm³/mol. The highest BCUT2D eigenvalue weighted by Gasteiger charge is 2.69. The Labute approximate surface area is 215 Å². The third-order valence-corrected chi connectivity index (χ3v) is 11.0. The summed E-state index contributed by atoms with van der Waals surface area (Å²) in [5.41, 5.74) is 14.3. The molecule has 4 aromatic rings. The van der Waals surface area contributed by atoms with Crippen LogP contribution in [0.3, 0.4) is 0 Å². The van der Waals surface area contributed by atoms with Crippen molar-refractivity contribution in [1.82, 2.24) is 24.5 Å². The van der Waals surface area contributed by atoms with Crippen LogP contribution in [0, 0.1) is 38.5 Å². The smallest absolute Gasteiger partial charge is 0.234 e. The van der Waals surface area contributed by atoms with Gasteiger partial charge in [-0.05, 0) is 86.0 Å². The summed E-state index contributed by atoms with van der Waals surface area (Å²) in [6, 6.07) is 0.420. The zero-order valence-corrected chi connectivity index (χ0v) is 22.6. The molecule has 4 aromatic heterocycles. The van der Waals surface area contributed by atoms with Gasteiger partial charge in [-0.3, -0.25) is 9.69 Å². The largest absolute Gasteiger partial charge is 0.368 e. The number of amides is 1. The maximum atomic E-state index is 11.9. The first-order valence-electron chi connectivity index (χ1n) is 13.2. The molecule has 1 amide bonds. The molecule has 0 bridgehead atoms. The zero-order chi connectivity index (χ0) is 25.2. The number of hydrogen-bond acceptors (Lipinski definition) is 5. The molecule has 2 saturated carbocycles. The molecular weight excluding hydrogens is 468 g/mol. The van der Waals surface area contributed by atoms with Crippen LogP contribution in [0.5, 0.6) is 0 Å². The number of thiophene rings is 1. The number of carbonyl (C=O) groups is 1. The third-order valence-electron chi connectivity index (χ3n) is 9.71. The number of aromatic amines is 1. The molecule has 5 heterocycles. The molecule has 3 aliphatic rings. The average molecular weight is 503 g/mol. The van der Waals surface area contributed by atoms with Gasteiger partial charge < -0.3 is 10.7 Å². The number of nitrogens with one attached hydrogen (secondary N) is 1. The molecule has 3 N–H and O–H groups in total. The van der Waals surface area contributed by atoms with Crippen molar-refractivity contribution >= 4 is 33.1 Å². The van der Waals surface area contributed by atoms with E-state index in [1.54, 1.807) is 11.2 Å². The van der Waals surface area contributed by atoms with E-state index in [9.17, 15) is 4.79 Å². The van der Waals surface area contributed by atoms with E-state index >= 15 is 0 Å². The minimum atomic E-state index is -0.192. The molecule has 0 aromatic carbocycles. The lowest BCUT2D eigenvalue weighted by Gasteiger charge is -2.24. The molecule has 0 radical (unpaired) electrons. The highest BCUT2D eigenvalue weighted by Crippen LogP contribution is 2.68. The van der Waals surface area contributed by atoms with E-state index in [1.165, 1.54) is 50.1 Å². The summed E-state index contributed by atoms with van der Waals surface area (Å²) < 4.78 is 1.90. The molecule has 3 fully saturated rings. The van der Waals surface area contributed by atoms with Crippen molar-refractivity contribution in [2.45, 2.75) is 71.9 Å². The Balaban J connectivity index is 1.31. The molecule has 7 rings (SSSR count). The molecule has 2 aliphatic carbocycles. The van der Waals surface area contributed by atoms with Crippen molar-refractivity contribution in [1.29, 1.82) is 0 Å². The van der Waals surface area contributed by atoms with Crippen LogP contribution >= 0.6 is 11.3 Å². The van der Waals surface area contributed by atoms with E-state index in [4.69, 9.17) is 5.73 Å². The van der Waals surface area contributed by atoms with Gasteiger partial charge in [-0.15, -0.1) is 11.3 Å². The topological polar surface area (TPSA) is 92.3 Å². The quantitative estimate of drug-likeness (QED) is 0.406. The number of piperidine rings is 1. The van der Waals surface area contributed by atoms with Crippen LogP contribution in [0.1, 0.15) is 66.2 Å². The summed E-state index contributed by atoms with van der Waals surface area (Å²) in [7, 11) is 0. The Hall–Kier alpha value is -2.71. The second-order valence-electron chi connectivity index (χ2n) is 11.7. The molecule has 7 nitrogen and oxygen atoms in total. The summed E-state index contributed by atoms with van der Waals surface area (Å²) >= 11 is 1.96. The monoisotopic (exact) mass is 502 g/mol. The Kier molecular flexibility index (Phi) is 4.63. The fourth-order valence-corrected chi connectivity index (χ4v) is 9.21. The number of primary amides is 1. The van der Waals surface area contributed by atoms with E-state index in [0.29, 0.717) is 23.8 Å². The Morgan fingerprint density at radius 3 is 2.64 bits per heavy atom. The standard InChI is InChI=1S/C28H34N6OS/c1-11(2)20-21-14(5)25(16-7-17-22-19(16)8-33(24(17)22)15(6)26(29)35)36-28(21)32-23(20)18-9-34-27(30-10-31-34)13(4)12(18)3/h9-11,15-17,19,22,24,32H,7-8H2,1-6H3,(H2,29,35)/t15-,16+,17?,19?,22?,24?/m0/s1. The van der Waals surface area contributed by atoms with Crippen LogP contribution in [0.15, 0.2) is 12.5 Å². The van der Waals surface area contributed by atoms with Crippen molar-refractivity contribution < 1.29 is 4.79 Å². The maximum absolute atomic E-state index is 11.9. The van der Waals surface area contributed by atoms with Gasteiger partial charge in [-0.1, -0.05) is 13.8 Å². The van der Waals surface area contributed by atoms with Crippen LogP contribution in [0.25, 0.3) is 27.1 Å². The van der Waals surface area contributed by atoms with Gasteiger partial charge in [-0.2, -0.15) is 5.10 Å². The lowest BCUT2D eigenvalue weighted by molar-refractivity contribution is -0.122. The number of aromatic nitrogens is 4. The average Bonchev–Trinajstić information content (AvgIpc) is 3.35. The number of aryl methyl sites for hydroxylation is 2. The second-order valence-corrected chi connectivity index (χ2v) is 12.7. The van der Waals surface area contributed by atoms with Gasteiger partial charge in [-0.25, -0.2) is 9.50 Å². The van der Waals surface area contributed by atoms with E-state index in [1.807, 2.05) is 22.8 Å². The highest BCUT2D eigenvalue weighted by atomic mass is 32.1. The molecule has 6 atom stereocenters. The summed E-state index contributed by atoms with van der Waals surface area (Å²) in [5.74, 6) is 2.91. The Morgan fingerprint density at radius 2 is 1.94 bits per heavy atom. The van der Waals surface area contributed by atoms with Gasteiger partial charge in [0.25, 0.3) is 0 Å². The minimum absolute atomic E-state index is 0.158. The number of carbonyl (C=O) groups excluding carboxylic acids is 1. The van der Waals surface area contributed by atoms with E-state index in [2.05, 4.69) is 60.8 Å². The number of fused-ring (bicyclic) bond motifs is 3. The van der Waals surface area contributed by atoms with Crippen molar-refractivity contribution in [3.8, 4) is 11.3 Å². The van der Waals surface area contributed by atoms with Crippen molar-refractivity contribution in [3.63, 3.8) is 0 Å². The third kappa shape index (κ3) is 2.80. The lowest BCUT2D eigenvalue weighted by atomic mass is 9.88. The Morgan fingerprint density at radius 1 is 1.17 bits per heavy atom. The molecule has 4 unspecified atom stereocenters. The molecule has 1 aliphatic heterocycles. The first-order valence-corrected chi connectivity index (χ1v) is 14.0. The number of rotatable bonds is 5. The predicted octanol–water partition coefficient (Wildman–Crippen LogP) is 4.90. The maximum Gasteiger partial charge on any atom is 0.234 e. The number of H-pyrrole nitrogens is 1. The fourth-order valence-electron chi connectivity index (χ4n) is 7.79.